The highest BCUT2D eigenvalue weighted by Gasteiger charge is 2.10. The highest BCUT2D eigenvalue weighted by Crippen LogP contribution is 2.12. The Morgan fingerprint density at radius 3 is 2.27 bits per heavy atom. The molecule has 1 aromatic carbocycles. The number of carbonyl (C=O) groups is 2. The molecule has 4 nitrogen and oxygen atoms in total. The average Bonchev–Trinajstić information content (AvgIpc) is 2.29. The lowest BCUT2D eigenvalue weighted by Gasteiger charge is -2.02. The van der Waals surface area contributed by atoms with Crippen molar-refractivity contribution in [3.63, 3.8) is 0 Å². The van der Waals surface area contributed by atoms with Crippen LogP contribution < -0.4 is 4.74 Å². The van der Waals surface area contributed by atoms with Gasteiger partial charge in [0.1, 0.15) is 5.75 Å². The summed E-state index contributed by atoms with van der Waals surface area (Å²) in [5.74, 6) is -0.520. The zero-order valence-electron chi connectivity index (χ0n) is 8.65. The summed E-state index contributed by atoms with van der Waals surface area (Å²) in [5.41, 5.74) is 0.331. The van der Waals surface area contributed by atoms with Gasteiger partial charge in [-0.15, -0.1) is 0 Å². The van der Waals surface area contributed by atoms with E-state index < -0.39 is 11.9 Å². The van der Waals surface area contributed by atoms with E-state index in [-0.39, 0.29) is 6.42 Å². The Bertz CT molecular complexity index is 353. The summed E-state index contributed by atoms with van der Waals surface area (Å²) in [6.45, 7) is 1.63. The van der Waals surface area contributed by atoms with Gasteiger partial charge in [0, 0.05) is 6.42 Å². The largest absolute Gasteiger partial charge is 0.497 e. The zero-order valence-corrected chi connectivity index (χ0v) is 8.65. The van der Waals surface area contributed by atoms with Gasteiger partial charge in [-0.3, -0.25) is 4.79 Å². The number of methoxy groups -OCH3 is 1. The van der Waals surface area contributed by atoms with Crippen molar-refractivity contribution in [2.24, 2.45) is 0 Å². The fourth-order valence-corrected chi connectivity index (χ4v) is 0.962. The molecule has 0 saturated carbocycles. The fourth-order valence-electron chi connectivity index (χ4n) is 0.962. The predicted octanol–water partition coefficient (Wildman–Crippen LogP) is 1.79. The molecule has 0 aliphatic heterocycles. The standard InChI is InChI=1S/C11H12O4/c1-3-10(12)15-11(13)8-4-6-9(14-2)7-5-8/h4-7H,3H2,1-2H3. The van der Waals surface area contributed by atoms with E-state index >= 15 is 0 Å². The van der Waals surface area contributed by atoms with Gasteiger partial charge in [-0.2, -0.15) is 0 Å². The van der Waals surface area contributed by atoms with E-state index in [4.69, 9.17) is 4.74 Å². The summed E-state index contributed by atoms with van der Waals surface area (Å²) in [6.07, 6.45) is 0.182. The van der Waals surface area contributed by atoms with Gasteiger partial charge in [-0.25, -0.2) is 4.79 Å². The molecular weight excluding hydrogens is 196 g/mol. The SMILES string of the molecule is CCC(=O)OC(=O)c1ccc(OC)cc1. The Balaban J connectivity index is 2.70. The minimum Gasteiger partial charge on any atom is -0.497 e. The molecule has 0 unspecified atom stereocenters. The third-order valence-electron chi connectivity index (χ3n) is 1.82. The molecule has 1 aromatic rings. The van der Waals surface area contributed by atoms with Crippen molar-refractivity contribution in [3.05, 3.63) is 29.8 Å². The third-order valence-corrected chi connectivity index (χ3v) is 1.82. The van der Waals surface area contributed by atoms with Gasteiger partial charge in [0.15, 0.2) is 0 Å². The van der Waals surface area contributed by atoms with E-state index in [9.17, 15) is 9.59 Å². The molecule has 0 amide bonds. The third kappa shape index (κ3) is 3.09. The van der Waals surface area contributed by atoms with Crippen LogP contribution in [0.3, 0.4) is 0 Å². The molecule has 1 rings (SSSR count). The van der Waals surface area contributed by atoms with Crippen molar-refractivity contribution in [1.29, 1.82) is 0 Å². The molecule has 15 heavy (non-hydrogen) atoms. The number of carbonyl (C=O) groups excluding carboxylic acids is 2. The second-order valence-corrected chi connectivity index (χ2v) is 2.84. The molecular formula is C11H12O4. The van der Waals surface area contributed by atoms with Crippen LogP contribution in [-0.4, -0.2) is 19.0 Å². The van der Waals surface area contributed by atoms with Gasteiger partial charge in [0.05, 0.1) is 12.7 Å². The van der Waals surface area contributed by atoms with E-state index in [1.165, 1.54) is 7.11 Å². The second-order valence-electron chi connectivity index (χ2n) is 2.84. The van der Waals surface area contributed by atoms with Gasteiger partial charge in [-0.05, 0) is 24.3 Å². The summed E-state index contributed by atoms with van der Waals surface area (Å²) >= 11 is 0. The van der Waals surface area contributed by atoms with E-state index in [0.29, 0.717) is 11.3 Å². The van der Waals surface area contributed by atoms with Crippen LogP contribution in [0.15, 0.2) is 24.3 Å². The van der Waals surface area contributed by atoms with E-state index in [1.54, 1.807) is 31.2 Å². The van der Waals surface area contributed by atoms with Crippen LogP contribution in [0.25, 0.3) is 0 Å². The maximum absolute atomic E-state index is 11.3. The number of benzene rings is 1. The van der Waals surface area contributed by atoms with E-state index in [1.807, 2.05) is 0 Å². The van der Waals surface area contributed by atoms with Gasteiger partial charge < -0.3 is 9.47 Å². The second kappa shape index (κ2) is 5.14. The Hall–Kier alpha value is -1.84. The Morgan fingerprint density at radius 1 is 1.20 bits per heavy atom. The number of hydrogen-bond acceptors (Lipinski definition) is 4. The topological polar surface area (TPSA) is 52.6 Å². The van der Waals surface area contributed by atoms with E-state index in [2.05, 4.69) is 4.74 Å². The Morgan fingerprint density at radius 2 is 1.80 bits per heavy atom. The molecule has 0 spiro atoms. The van der Waals surface area contributed by atoms with Gasteiger partial charge in [0.25, 0.3) is 0 Å². The number of esters is 2. The molecule has 0 radical (unpaired) electrons. The quantitative estimate of drug-likeness (QED) is 0.561. The molecule has 0 N–H and O–H groups in total. The smallest absolute Gasteiger partial charge is 0.345 e. The molecule has 0 bridgehead atoms. The lowest BCUT2D eigenvalue weighted by Crippen LogP contribution is -2.11. The summed E-state index contributed by atoms with van der Waals surface area (Å²) in [5, 5.41) is 0. The summed E-state index contributed by atoms with van der Waals surface area (Å²) in [7, 11) is 1.54. The maximum atomic E-state index is 11.3. The minimum atomic E-state index is -0.635. The van der Waals surface area contributed by atoms with Crippen molar-refractivity contribution in [1.82, 2.24) is 0 Å². The molecule has 0 aliphatic rings. The summed E-state index contributed by atoms with van der Waals surface area (Å²) < 4.78 is 9.47. The van der Waals surface area contributed by atoms with Crippen LogP contribution >= 0.6 is 0 Å². The lowest BCUT2D eigenvalue weighted by atomic mass is 10.2. The first-order valence-electron chi connectivity index (χ1n) is 4.56. The number of ether oxygens (including phenoxy) is 2. The molecule has 80 valence electrons. The van der Waals surface area contributed by atoms with Crippen LogP contribution in [0.5, 0.6) is 5.75 Å². The van der Waals surface area contributed by atoms with Crippen molar-refractivity contribution < 1.29 is 19.1 Å². The molecule has 0 fully saturated rings. The van der Waals surface area contributed by atoms with Crippen molar-refractivity contribution in [2.45, 2.75) is 13.3 Å². The molecule has 0 atom stereocenters. The highest BCUT2D eigenvalue weighted by atomic mass is 16.6. The van der Waals surface area contributed by atoms with Crippen LogP contribution in [0.2, 0.25) is 0 Å². The summed E-state index contributed by atoms with van der Waals surface area (Å²) in [4.78, 5) is 22.2. The summed E-state index contributed by atoms with van der Waals surface area (Å²) in [6, 6.07) is 6.36. The van der Waals surface area contributed by atoms with Gasteiger partial charge in [-0.1, -0.05) is 6.92 Å². The normalized spacial score (nSPS) is 9.47. The van der Waals surface area contributed by atoms with Crippen molar-refractivity contribution >= 4 is 11.9 Å². The number of hydrogen-bond donors (Lipinski definition) is 0. The molecule has 0 heterocycles. The highest BCUT2D eigenvalue weighted by molar-refractivity contribution is 5.96. The number of rotatable bonds is 3. The van der Waals surface area contributed by atoms with Gasteiger partial charge >= 0.3 is 11.9 Å². The lowest BCUT2D eigenvalue weighted by molar-refractivity contribution is -0.137. The first kappa shape index (κ1) is 11.2. The van der Waals surface area contributed by atoms with Crippen molar-refractivity contribution in [3.8, 4) is 5.75 Å². The van der Waals surface area contributed by atoms with Crippen LogP contribution in [0.1, 0.15) is 23.7 Å². The Labute approximate surface area is 87.8 Å². The monoisotopic (exact) mass is 208 g/mol. The van der Waals surface area contributed by atoms with Gasteiger partial charge in [0.2, 0.25) is 0 Å². The zero-order chi connectivity index (χ0) is 11.3. The minimum absolute atomic E-state index is 0.182. The van der Waals surface area contributed by atoms with Crippen molar-refractivity contribution in [2.75, 3.05) is 7.11 Å². The Kier molecular flexibility index (Phi) is 3.85. The average molecular weight is 208 g/mol. The van der Waals surface area contributed by atoms with Crippen LogP contribution in [-0.2, 0) is 9.53 Å². The predicted molar refractivity (Wildman–Crippen MR) is 53.7 cm³/mol. The fraction of sp³-hybridized carbons (Fsp3) is 0.273. The molecule has 4 heteroatoms. The molecule has 0 aromatic heterocycles. The molecule has 0 saturated heterocycles. The maximum Gasteiger partial charge on any atom is 0.345 e. The molecule has 0 aliphatic carbocycles. The van der Waals surface area contributed by atoms with Crippen LogP contribution in [0.4, 0.5) is 0 Å². The first-order valence-corrected chi connectivity index (χ1v) is 4.56. The van der Waals surface area contributed by atoms with Crippen LogP contribution in [0, 0.1) is 0 Å². The van der Waals surface area contributed by atoms with E-state index in [0.717, 1.165) is 0 Å². The first-order chi connectivity index (χ1) is 7.17.